The number of amides is 1. The second kappa shape index (κ2) is 8.63. The largest absolute Gasteiger partial charge is 0.335 e. The molecular formula is C19H18F2N2OS. The SMILES string of the molecule is CC(C)N(Cc1ccc(C#N)cc1)C(=O)CSc1ccc(F)c(F)c1. The third-order valence-electron chi connectivity index (χ3n) is 3.63. The van der Waals surface area contributed by atoms with E-state index in [1.54, 1.807) is 17.0 Å². The molecule has 0 heterocycles. The van der Waals surface area contributed by atoms with Gasteiger partial charge in [-0.3, -0.25) is 4.79 Å². The molecule has 1 amide bonds. The molecular weight excluding hydrogens is 342 g/mol. The van der Waals surface area contributed by atoms with Crippen LogP contribution >= 0.6 is 11.8 Å². The van der Waals surface area contributed by atoms with Gasteiger partial charge in [-0.05, 0) is 49.7 Å². The molecule has 25 heavy (non-hydrogen) atoms. The van der Waals surface area contributed by atoms with E-state index in [0.717, 1.165) is 17.7 Å². The number of rotatable bonds is 6. The first kappa shape index (κ1) is 18.9. The third-order valence-corrected chi connectivity index (χ3v) is 4.61. The van der Waals surface area contributed by atoms with Crippen molar-refractivity contribution < 1.29 is 13.6 Å². The van der Waals surface area contributed by atoms with Crippen LogP contribution in [0.1, 0.15) is 25.0 Å². The van der Waals surface area contributed by atoms with Crippen molar-refractivity contribution in [2.75, 3.05) is 5.75 Å². The van der Waals surface area contributed by atoms with Crippen LogP contribution in [0.5, 0.6) is 0 Å². The monoisotopic (exact) mass is 360 g/mol. The van der Waals surface area contributed by atoms with Gasteiger partial charge >= 0.3 is 0 Å². The Hall–Kier alpha value is -2.39. The predicted octanol–water partition coefficient (Wildman–Crippen LogP) is 4.37. The fourth-order valence-corrected chi connectivity index (χ4v) is 3.04. The lowest BCUT2D eigenvalue weighted by molar-refractivity contribution is -0.130. The molecule has 0 unspecified atom stereocenters. The van der Waals surface area contributed by atoms with Crippen molar-refractivity contribution in [3.05, 3.63) is 65.2 Å². The summed E-state index contributed by atoms with van der Waals surface area (Å²) in [7, 11) is 0. The lowest BCUT2D eigenvalue weighted by Gasteiger charge is -2.27. The van der Waals surface area contributed by atoms with E-state index in [2.05, 4.69) is 6.07 Å². The summed E-state index contributed by atoms with van der Waals surface area (Å²) >= 11 is 1.17. The van der Waals surface area contributed by atoms with E-state index in [-0.39, 0.29) is 17.7 Å². The Morgan fingerprint density at radius 2 is 1.84 bits per heavy atom. The molecule has 6 heteroatoms. The minimum Gasteiger partial charge on any atom is -0.335 e. The number of carbonyl (C=O) groups excluding carboxylic acids is 1. The quantitative estimate of drug-likeness (QED) is 0.719. The number of benzene rings is 2. The molecule has 0 aliphatic rings. The van der Waals surface area contributed by atoms with Crippen molar-refractivity contribution in [2.45, 2.75) is 31.3 Å². The van der Waals surface area contributed by atoms with Gasteiger partial charge in [0.15, 0.2) is 11.6 Å². The molecule has 0 aromatic heterocycles. The number of hydrogen-bond acceptors (Lipinski definition) is 3. The first-order chi connectivity index (χ1) is 11.9. The van der Waals surface area contributed by atoms with Crippen LogP contribution in [-0.4, -0.2) is 22.6 Å². The van der Waals surface area contributed by atoms with Gasteiger partial charge in [0.2, 0.25) is 5.91 Å². The van der Waals surface area contributed by atoms with E-state index < -0.39 is 11.6 Å². The van der Waals surface area contributed by atoms with Gasteiger partial charge in [-0.1, -0.05) is 12.1 Å². The van der Waals surface area contributed by atoms with Gasteiger partial charge < -0.3 is 4.90 Å². The number of thioether (sulfide) groups is 1. The van der Waals surface area contributed by atoms with Gasteiger partial charge in [-0.25, -0.2) is 8.78 Å². The molecule has 0 fully saturated rings. The molecule has 130 valence electrons. The summed E-state index contributed by atoms with van der Waals surface area (Å²) in [4.78, 5) is 14.7. The van der Waals surface area contributed by atoms with Crippen LogP contribution in [-0.2, 0) is 11.3 Å². The Morgan fingerprint density at radius 1 is 1.16 bits per heavy atom. The maximum absolute atomic E-state index is 13.2. The van der Waals surface area contributed by atoms with Crippen LogP contribution in [0.2, 0.25) is 0 Å². The molecule has 2 aromatic carbocycles. The van der Waals surface area contributed by atoms with Crippen molar-refractivity contribution in [2.24, 2.45) is 0 Å². The molecule has 3 nitrogen and oxygen atoms in total. The summed E-state index contributed by atoms with van der Waals surface area (Å²) in [6.45, 7) is 4.27. The molecule has 2 aromatic rings. The van der Waals surface area contributed by atoms with E-state index in [1.165, 1.54) is 17.8 Å². The number of nitrogens with zero attached hydrogens (tertiary/aromatic N) is 2. The van der Waals surface area contributed by atoms with Crippen LogP contribution in [0.4, 0.5) is 8.78 Å². The minimum atomic E-state index is -0.921. The van der Waals surface area contributed by atoms with Crippen molar-refractivity contribution in [1.82, 2.24) is 4.90 Å². The zero-order valence-corrected chi connectivity index (χ0v) is 14.8. The van der Waals surface area contributed by atoms with Gasteiger partial charge in [0, 0.05) is 17.5 Å². The van der Waals surface area contributed by atoms with Gasteiger partial charge in [-0.2, -0.15) is 5.26 Å². The maximum atomic E-state index is 13.2. The average molecular weight is 360 g/mol. The Morgan fingerprint density at radius 3 is 2.40 bits per heavy atom. The van der Waals surface area contributed by atoms with Crippen LogP contribution < -0.4 is 0 Å². The summed E-state index contributed by atoms with van der Waals surface area (Å²) in [6.07, 6.45) is 0. The molecule has 0 atom stereocenters. The average Bonchev–Trinajstić information content (AvgIpc) is 2.60. The molecule has 2 rings (SSSR count). The highest BCUT2D eigenvalue weighted by molar-refractivity contribution is 8.00. The standard InChI is InChI=1S/C19H18F2N2OS/c1-13(2)23(11-15-5-3-14(10-22)4-6-15)19(24)12-25-16-7-8-17(20)18(21)9-16/h3-9,13H,11-12H2,1-2H3. The number of halogens is 2. The fourth-order valence-electron chi connectivity index (χ4n) is 2.23. The molecule has 0 bridgehead atoms. The second-order valence-corrected chi connectivity index (χ2v) is 6.84. The van der Waals surface area contributed by atoms with E-state index in [9.17, 15) is 13.6 Å². The zero-order valence-electron chi connectivity index (χ0n) is 14.0. The summed E-state index contributed by atoms with van der Waals surface area (Å²) in [6, 6.07) is 12.7. The highest BCUT2D eigenvalue weighted by atomic mass is 32.2. The van der Waals surface area contributed by atoms with Gasteiger partial charge in [-0.15, -0.1) is 11.8 Å². The topological polar surface area (TPSA) is 44.1 Å². The van der Waals surface area contributed by atoms with E-state index in [1.807, 2.05) is 26.0 Å². The van der Waals surface area contributed by atoms with Gasteiger partial charge in [0.1, 0.15) is 0 Å². The second-order valence-electron chi connectivity index (χ2n) is 5.79. The van der Waals surface area contributed by atoms with E-state index >= 15 is 0 Å². The van der Waals surface area contributed by atoms with Crippen LogP contribution in [0.15, 0.2) is 47.4 Å². The predicted molar refractivity (Wildman–Crippen MR) is 93.9 cm³/mol. The highest BCUT2D eigenvalue weighted by Crippen LogP contribution is 2.21. The Bertz CT molecular complexity index is 785. The lowest BCUT2D eigenvalue weighted by atomic mass is 10.1. The molecule has 0 aliphatic heterocycles. The summed E-state index contributed by atoms with van der Waals surface area (Å²) in [5.41, 5.74) is 1.50. The molecule has 0 N–H and O–H groups in total. The number of nitriles is 1. The summed E-state index contributed by atoms with van der Waals surface area (Å²) in [5, 5.41) is 8.83. The van der Waals surface area contributed by atoms with Crippen LogP contribution in [0.3, 0.4) is 0 Å². The fraction of sp³-hybridized carbons (Fsp3) is 0.263. The molecule has 0 aliphatic carbocycles. The van der Waals surface area contributed by atoms with Gasteiger partial charge in [0.05, 0.1) is 17.4 Å². The molecule has 0 saturated heterocycles. The smallest absolute Gasteiger partial charge is 0.233 e. The minimum absolute atomic E-state index is 0.00584. The first-order valence-electron chi connectivity index (χ1n) is 7.77. The summed E-state index contributed by atoms with van der Waals surface area (Å²) in [5.74, 6) is -1.77. The van der Waals surface area contributed by atoms with Crippen molar-refractivity contribution in [1.29, 1.82) is 5.26 Å². The van der Waals surface area contributed by atoms with Crippen molar-refractivity contribution in [3.8, 4) is 6.07 Å². The van der Waals surface area contributed by atoms with Crippen LogP contribution in [0, 0.1) is 23.0 Å². The first-order valence-corrected chi connectivity index (χ1v) is 8.75. The molecule has 0 saturated carbocycles. The van der Waals surface area contributed by atoms with Crippen molar-refractivity contribution >= 4 is 17.7 Å². The van der Waals surface area contributed by atoms with Gasteiger partial charge in [0.25, 0.3) is 0 Å². The molecule has 0 spiro atoms. The maximum Gasteiger partial charge on any atom is 0.233 e. The van der Waals surface area contributed by atoms with Crippen molar-refractivity contribution in [3.63, 3.8) is 0 Å². The molecule has 0 radical (unpaired) electrons. The number of hydrogen-bond donors (Lipinski definition) is 0. The summed E-state index contributed by atoms with van der Waals surface area (Å²) < 4.78 is 26.2. The number of carbonyl (C=O) groups is 1. The normalized spacial score (nSPS) is 10.6. The Labute approximate surface area is 150 Å². The third kappa shape index (κ3) is 5.30. The van der Waals surface area contributed by atoms with E-state index in [4.69, 9.17) is 5.26 Å². The zero-order chi connectivity index (χ0) is 18.4. The lowest BCUT2D eigenvalue weighted by Crippen LogP contribution is -2.37. The van der Waals surface area contributed by atoms with E-state index in [0.29, 0.717) is 17.0 Å². The van der Waals surface area contributed by atoms with Crippen LogP contribution in [0.25, 0.3) is 0 Å². The highest BCUT2D eigenvalue weighted by Gasteiger charge is 2.18. The Balaban J connectivity index is 2.01. The Kier molecular flexibility index (Phi) is 6.54.